The molecule has 0 aromatic heterocycles. The second kappa shape index (κ2) is 11.6. The molecule has 9 fully saturated rings. The fourth-order valence-corrected chi connectivity index (χ4v) is 11.3. The highest BCUT2D eigenvalue weighted by atomic mass is 19.4. The van der Waals surface area contributed by atoms with Gasteiger partial charge in [0, 0.05) is 48.7 Å². The van der Waals surface area contributed by atoms with Crippen molar-refractivity contribution >= 4 is 0 Å². The average molecular weight is 727 g/mol. The molecule has 14 atom stereocenters. The maximum Gasteiger partial charge on any atom is 0.449 e. The zero-order valence-corrected chi connectivity index (χ0v) is 29.1. The highest BCUT2D eigenvalue weighted by molar-refractivity contribution is 5.28. The molecule has 284 valence electrons. The van der Waals surface area contributed by atoms with Gasteiger partial charge < -0.3 is 23.7 Å². The largest absolute Gasteiger partial charge is 0.456 e. The molecular formula is C35H48F6O9. The molecule has 0 aromatic carbocycles. The molecular weight excluding hydrogens is 678 g/mol. The van der Waals surface area contributed by atoms with Gasteiger partial charge in [-0.25, -0.2) is 19.6 Å². The Morgan fingerprint density at radius 1 is 0.700 bits per heavy atom. The lowest BCUT2D eigenvalue weighted by atomic mass is 9.55. The summed E-state index contributed by atoms with van der Waals surface area (Å²) in [6.45, 7) is 8.23. The number of halogens is 6. The molecule has 2 spiro atoms. The number of fused-ring (bicyclic) bond motifs is 4. The first-order chi connectivity index (χ1) is 23.4. The second-order valence-corrected chi connectivity index (χ2v) is 16.7. The summed E-state index contributed by atoms with van der Waals surface area (Å²) in [6.07, 6.45) is -8.43. The lowest BCUT2D eigenvalue weighted by Gasteiger charge is -2.63. The van der Waals surface area contributed by atoms with Crippen molar-refractivity contribution in [3.8, 4) is 0 Å². The Labute approximate surface area is 287 Å². The van der Waals surface area contributed by atoms with Crippen LogP contribution in [0.3, 0.4) is 0 Å². The van der Waals surface area contributed by atoms with Gasteiger partial charge in [0.2, 0.25) is 23.6 Å². The third-order valence-electron chi connectivity index (χ3n) is 13.9. The smallest absolute Gasteiger partial charge is 0.449 e. The van der Waals surface area contributed by atoms with E-state index in [2.05, 4.69) is 6.92 Å². The lowest BCUT2D eigenvalue weighted by Crippen LogP contribution is -2.75. The Bertz CT molecular complexity index is 1380. The molecule has 50 heavy (non-hydrogen) atoms. The van der Waals surface area contributed by atoms with Crippen LogP contribution in [-0.4, -0.2) is 66.5 Å². The number of rotatable bonds is 6. The van der Waals surface area contributed by atoms with Gasteiger partial charge in [0.05, 0.1) is 6.61 Å². The Morgan fingerprint density at radius 2 is 1.30 bits per heavy atom. The number of allylic oxidation sites excluding steroid dienone is 1. The number of hydrogen-bond acceptors (Lipinski definition) is 9. The van der Waals surface area contributed by atoms with Gasteiger partial charge in [0.1, 0.15) is 0 Å². The summed E-state index contributed by atoms with van der Waals surface area (Å²) in [7, 11) is 0. The van der Waals surface area contributed by atoms with Crippen LogP contribution in [0.1, 0.15) is 98.8 Å². The first-order valence-electron chi connectivity index (χ1n) is 18.3. The second-order valence-electron chi connectivity index (χ2n) is 16.7. The first-order valence-corrected chi connectivity index (χ1v) is 18.3. The van der Waals surface area contributed by atoms with E-state index in [1.165, 1.54) is 0 Å². The molecule has 10 rings (SSSR count). The summed E-state index contributed by atoms with van der Waals surface area (Å²) in [5.41, 5.74) is -5.20. The molecule has 0 radical (unpaired) electrons. The van der Waals surface area contributed by atoms with E-state index in [1.54, 1.807) is 20.8 Å². The highest BCUT2D eigenvalue weighted by Crippen LogP contribution is 2.65. The van der Waals surface area contributed by atoms with Crippen molar-refractivity contribution in [2.24, 2.45) is 41.4 Å². The standard InChI is InChI=1S/C35H48F6O9/c1-18-7-9-24-20(3)31(35(39,40)41,46-28-32(24)22(18)11-15-30(5,45-28)48-49-32)13-6-16-42-17-21-25-10-8-19(2)23-12-14-29(4)44-27(33(23,25)50-47-29)43-26(21)34(36,37)38/h18-20,22-25,27-28H,6-17H2,1-5H3/t18-,19-,20-,22?,23?,24+,25+,27-,28+,29+,30+,31-,32-,33-/m1/s1. The molecule has 8 heterocycles. The summed E-state index contributed by atoms with van der Waals surface area (Å²) in [6, 6.07) is 0. The number of alkyl halides is 6. The topological polar surface area (TPSA) is 83.1 Å². The van der Waals surface area contributed by atoms with E-state index in [-0.39, 0.29) is 42.3 Å². The molecule has 8 aliphatic heterocycles. The number of ether oxygens (including phenoxy) is 5. The van der Waals surface area contributed by atoms with Crippen LogP contribution in [0.5, 0.6) is 0 Å². The molecule has 2 unspecified atom stereocenters. The van der Waals surface area contributed by atoms with Gasteiger partial charge in [-0.1, -0.05) is 20.8 Å². The molecule has 2 saturated carbocycles. The monoisotopic (exact) mass is 726 g/mol. The van der Waals surface area contributed by atoms with Crippen LogP contribution in [0.2, 0.25) is 0 Å². The minimum atomic E-state index is -4.85. The van der Waals surface area contributed by atoms with Crippen molar-refractivity contribution in [2.75, 3.05) is 13.2 Å². The van der Waals surface area contributed by atoms with Crippen molar-refractivity contribution in [3.63, 3.8) is 0 Å². The zero-order valence-electron chi connectivity index (χ0n) is 29.1. The molecule has 9 nitrogen and oxygen atoms in total. The van der Waals surface area contributed by atoms with Gasteiger partial charge in [-0.05, 0) is 83.0 Å². The summed E-state index contributed by atoms with van der Waals surface area (Å²) in [4.78, 5) is 23.5. The quantitative estimate of drug-likeness (QED) is 0.154. The summed E-state index contributed by atoms with van der Waals surface area (Å²) in [5, 5.41) is 0. The molecule has 15 heteroatoms. The molecule has 2 aliphatic carbocycles. The van der Waals surface area contributed by atoms with E-state index in [0.717, 1.165) is 6.42 Å². The van der Waals surface area contributed by atoms with Gasteiger partial charge in [0.25, 0.3) is 0 Å². The van der Waals surface area contributed by atoms with Crippen molar-refractivity contribution in [2.45, 2.75) is 152 Å². The third-order valence-corrected chi connectivity index (χ3v) is 13.9. The average Bonchev–Trinajstić information content (AvgIpc) is 3.41. The van der Waals surface area contributed by atoms with Crippen LogP contribution >= 0.6 is 0 Å². The summed E-state index contributed by atoms with van der Waals surface area (Å²) >= 11 is 0. The molecule has 0 amide bonds. The van der Waals surface area contributed by atoms with Crippen LogP contribution in [0.15, 0.2) is 11.3 Å². The van der Waals surface area contributed by atoms with Crippen LogP contribution < -0.4 is 0 Å². The van der Waals surface area contributed by atoms with Gasteiger partial charge in [-0.15, -0.1) is 0 Å². The van der Waals surface area contributed by atoms with Crippen molar-refractivity contribution in [1.82, 2.24) is 0 Å². The Hall–Kier alpha value is -1.20. The van der Waals surface area contributed by atoms with Crippen LogP contribution in [0, 0.1) is 41.4 Å². The molecule has 10 aliphatic rings. The van der Waals surface area contributed by atoms with Gasteiger partial charge in [-0.3, -0.25) is 0 Å². The van der Waals surface area contributed by atoms with E-state index in [9.17, 15) is 13.2 Å². The molecule has 0 aromatic rings. The Balaban J connectivity index is 1.03. The van der Waals surface area contributed by atoms with Crippen LogP contribution in [-0.2, 0) is 43.2 Å². The Morgan fingerprint density at radius 3 is 1.94 bits per heavy atom. The molecule has 7 saturated heterocycles. The van der Waals surface area contributed by atoms with E-state index in [4.69, 9.17) is 43.2 Å². The lowest BCUT2D eigenvalue weighted by molar-refractivity contribution is -0.584. The molecule has 0 N–H and O–H groups in total. The van der Waals surface area contributed by atoms with E-state index in [0.29, 0.717) is 44.9 Å². The predicted octanol–water partition coefficient (Wildman–Crippen LogP) is 8.03. The van der Waals surface area contributed by atoms with Gasteiger partial charge in [-0.2, -0.15) is 26.3 Å². The van der Waals surface area contributed by atoms with Crippen molar-refractivity contribution in [1.29, 1.82) is 0 Å². The predicted molar refractivity (Wildman–Crippen MR) is 159 cm³/mol. The maximum atomic E-state index is 15.3. The third kappa shape index (κ3) is 5.02. The van der Waals surface area contributed by atoms with E-state index >= 15 is 13.2 Å². The molecule has 4 bridgehead atoms. The fourth-order valence-electron chi connectivity index (χ4n) is 11.3. The van der Waals surface area contributed by atoms with E-state index < -0.39 is 89.9 Å². The van der Waals surface area contributed by atoms with Gasteiger partial charge >= 0.3 is 12.4 Å². The maximum absolute atomic E-state index is 15.3. The SMILES string of the molecule is C[C@@H]1CC[C@H]2C(COCCC[C@@]3(C(F)(F)F)O[C@@H]4O[C@]5(C)CCC6[C@H](C)CC[C@@H]([C@H]3C)[C@]64OO5)=C(C(F)(F)F)O[C@@H]3O[C@]4(C)CCC1[C@]32OO4. The normalized spacial score (nSPS) is 51.4. The van der Waals surface area contributed by atoms with E-state index in [1.807, 2.05) is 6.92 Å². The summed E-state index contributed by atoms with van der Waals surface area (Å²) < 4.78 is 119. The van der Waals surface area contributed by atoms with Crippen molar-refractivity contribution in [3.05, 3.63) is 11.3 Å². The van der Waals surface area contributed by atoms with Crippen molar-refractivity contribution < 1.29 is 69.6 Å². The van der Waals surface area contributed by atoms with Gasteiger partial charge in [0.15, 0.2) is 23.1 Å². The first kappa shape index (κ1) is 35.8. The number of hydrogen-bond donors (Lipinski definition) is 0. The highest BCUT2D eigenvalue weighted by Gasteiger charge is 2.76. The minimum absolute atomic E-state index is 0.103. The van der Waals surface area contributed by atoms with Crippen LogP contribution in [0.25, 0.3) is 0 Å². The van der Waals surface area contributed by atoms with Crippen LogP contribution in [0.4, 0.5) is 26.3 Å². The Kier molecular flexibility index (Phi) is 8.34. The fraction of sp³-hybridized carbons (Fsp3) is 0.943. The zero-order chi connectivity index (χ0) is 35.7. The summed E-state index contributed by atoms with van der Waals surface area (Å²) in [5.74, 6) is -6.03. The minimum Gasteiger partial charge on any atom is -0.456 e.